The van der Waals surface area contributed by atoms with Gasteiger partial charge in [0.05, 0.1) is 18.3 Å². The van der Waals surface area contributed by atoms with Gasteiger partial charge in [-0.1, -0.05) is 19.9 Å². The number of aliphatic hydroxyl groups is 1. The lowest BCUT2D eigenvalue weighted by Crippen LogP contribution is -2.38. The average Bonchev–Trinajstić information content (AvgIpc) is 3.09. The third-order valence-electron chi connectivity index (χ3n) is 4.99. The van der Waals surface area contributed by atoms with Crippen LogP contribution in [0.25, 0.3) is 11.3 Å². The summed E-state index contributed by atoms with van der Waals surface area (Å²) in [6.45, 7) is 7.88. The Labute approximate surface area is 170 Å². The summed E-state index contributed by atoms with van der Waals surface area (Å²) >= 11 is 0. The number of hydrogen-bond donors (Lipinski definition) is 2. The molecule has 7 heteroatoms. The zero-order valence-corrected chi connectivity index (χ0v) is 17.2. The number of nitrogens with zero attached hydrogens (tertiary/aromatic N) is 2. The molecule has 0 aliphatic carbocycles. The van der Waals surface area contributed by atoms with Gasteiger partial charge in [-0.25, -0.2) is 4.79 Å². The summed E-state index contributed by atoms with van der Waals surface area (Å²) in [6.07, 6.45) is 1.34. The van der Waals surface area contributed by atoms with E-state index >= 15 is 0 Å². The first-order valence-corrected chi connectivity index (χ1v) is 9.76. The Hall–Kier alpha value is -2.93. The van der Waals surface area contributed by atoms with Crippen molar-refractivity contribution in [3.05, 3.63) is 47.7 Å². The molecule has 7 nitrogen and oxygen atoms in total. The maximum Gasteiger partial charge on any atom is 0.414 e. The van der Waals surface area contributed by atoms with Crippen molar-refractivity contribution in [3.63, 3.8) is 0 Å². The Kier molecular flexibility index (Phi) is 6.17. The summed E-state index contributed by atoms with van der Waals surface area (Å²) in [6, 6.07) is 8.61. The third kappa shape index (κ3) is 4.56. The van der Waals surface area contributed by atoms with Gasteiger partial charge < -0.3 is 15.2 Å². The first kappa shape index (κ1) is 20.8. The fraction of sp³-hybridized carbons (Fsp3) is 0.409. The number of nitrogens with one attached hydrogen (secondary N) is 1. The van der Waals surface area contributed by atoms with E-state index in [-0.39, 0.29) is 30.5 Å². The summed E-state index contributed by atoms with van der Waals surface area (Å²) in [5.74, 6) is -0.135. The van der Waals surface area contributed by atoms with Crippen LogP contribution in [0, 0.1) is 12.8 Å². The number of aryl methyl sites for hydroxylation is 1. The predicted molar refractivity (Wildman–Crippen MR) is 111 cm³/mol. The SMILES string of the molecule is Cc1ccc(-c2cc(C(=O)NC(C)CO)cc(N3C(=O)OC[C@H]3C(C)C)c2)nc1. The van der Waals surface area contributed by atoms with E-state index < -0.39 is 6.09 Å². The molecule has 1 aromatic heterocycles. The van der Waals surface area contributed by atoms with Crippen molar-refractivity contribution >= 4 is 17.7 Å². The van der Waals surface area contributed by atoms with E-state index in [0.29, 0.717) is 23.6 Å². The largest absolute Gasteiger partial charge is 0.447 e. The molecule has 154 valence electrons. The average molecular weight is 397 g/mol. The molecule has 1 fully saturated rings. The molecule has 2 atom stereocenters. The van der Waals surface area contributed by atoms with E-state index in [0.717, 1.165) is 11.1 Å². The second-order valence-corrected chi connectivity index (χ2v) is 7.80. The lowest BCUT2D eigenvalue weighted by Gasteiger charge is -2.25. The monoisotopic (exact) mass is 397 g/mol. The predicted octanol–water partition coefficient (Wildman–Crippen LogP) is 3.15. The molecule has 0 spiro atoms. The Morgan fingerprint density at radius 1 is 1.31 bits per heavy atom. The van der Waals surface area contributed by atoms with Gasteiger partial charge in [-0.05, 0) is 49.6 Å². The molecule has 1 unspecified atom stereocenters. The van der Waals surface area contributed by atoms with Crippen LogP contribution in [0.2, 0.25) is 0 Å². The minimum atomic E-state index is -0.423. The Balaban J connectivity index is 2.08. The van der Waals surface area contributed by atoms with Crippen LogP contribution in [0.1, 0.15) is 36.7 Å². The molecule has 0 saturated carbocycles. The van der Waals surface area contributed by atoms with Crippen LogP contribution >= 0.6 is 0 Å². The summed E-state index contributed by atoms with van der Waals surface area (Å²) in [4.78, 5) is 31.2. The molecule has 2 heterocycles. The Bertz CT molecular complexity index is 895. The molecule has 0 radical (unpaired) electrons. The second kappa shape index (κ2) is 8.61. The first-order valence-electron chi connectivity index (χ1n) is 9.76. The van der Waals surface area contributed by atoms with Crippen LogP contribution in [0.5, 0.6) is 0 Å². The summed E-state index contributed by atoms with van der Waals surface area (Å²) in [7, 11) is 0. The number of rotatable bonds is 6. The molecule has 2 aromatic rings. The standard InChI is InChI=1S/C22H27N3O4/c1-13(2)20-12-29-22(28)25(20)18-8-16(19-6-5-14(3)10-23-19)7-17(9-18)21(27)24-15(4)11-26/h5-10,13,15,20,26H,11-12H2,1-4H3,(H,24,27)/t15?,20-/m0/s1. The zero-order valence-electron chi connectivity index (χ0n) is 17.2. The lowest BCUT2D eigenvalue weighted by molar-refractivity contribution is 0.0922. The van der Waals surface area contributed by atoms with E-state index in [2.05, 4.69) is 10.3 Å². The number of pyridine rings is 1. The third-order valence-corrected chi connectivity index (χ3v) is 4.99. The highest BCUT2D eigenvalue weighted by Crippen LogP contribution is 2.32. The van der Waals surface area contributed by atoms with Gasteiger partial charge in [-0.2, -0.15) is 0 Å². The quantitative estimate of drug-likeness (QED) is 0.781. The second-order valence-electron chi connectivity index (χ2n) is 7.80. The fourth-order valence-corrected chi connectivity index (χ4v) is 3.24. The van der Waals surface area contributed by atoms with E-state index in [1.165, 1.54) is 0 Å². The van der Waals surface area contributed by atoms with Crippen molar-refractivity contribution in [1.82, 2.24) is 10.3 Å². The number of carbonyl (C=O) groups excluding carboxylic acids is 2. The van der Waals surface area contributed by atoms with Crippen molar-refractivity contribution in [2.24, 2.45) is 5.92 Å². The summed E-state index contributed by atoms with van der Waals surface area (Å²) in [5, 5.41) is 12.0. The number of anilines is 1. The maximum atomic E-state index is 12.7. The molecular weight excluding hydrogens is 370 g/mol. The number of hydrogen-bond acceptors (Lipinski definition) is 5. The first-order chi connectivity index (χ1) is 13.8. The molecule has 2 amide bonds. The minimum absolute atomic E-state index is 0.115. The van der Waals surface area contributed by atoms with E-state index in [1.54, 1.807) is 30.2 Å². The lowest BCUT2D eigenvalue weighted by atomic mass is 10.0. The minimum Gasteiger partial charge on any atom is -0.447 e. The summed E-state index contributed by atoms with van der Waals surface area (Å²) < 4.78 is 5.28. The smallest absolute Gasteiger partial charge is 0.414 e. The number of aliphatic hydroxyl groups excluding tert-OH is 1. The number of cyclic esters (lactones) is 1. The zero-order chi connectivity index (χ0) is 21.1. The normalized spacial score (nSPS) is 17.4. The van der Waals surface area contributed by atoms with Crippen molar-refractivity contribution in [2.75, 3.05) is 18.1 Å². The fourth-order valence-electron chi connectivity index (χ4n) is 3.24. The van der Waals surface area contributed by atoms with Crippen LogP contribution < -0.4 is 10.2 Å². The van der Waals surface area contributed by atoms with Crippen molar-refractivity contribution in [2.45, 2.75) is 39.8 Å². The van der Waals surface area contributed by atoms with E-state index in [4.69, 9.17) is 4.74 Å². The number of aromatic nitrogens is 1. The van der Waals surface area contributed by atoms with Crippen molar-refractivity contribution < 1.29 is 19.4 Å². The molecule has 1 saturated heterocycles. The number of amides is 2. The van der Waals surface area contributed by atoms with Crippen molar-refractivity contribution in [1.29, 1.82) is 0 Å². The van der Waals surface area contributed by atoms with Gasteiger partial charge in [0.1, 0.15) is 6.61 Å². The highest BCUT2D eigenvalue weighted by Gasteiger charge is 2.36. The number of carbonyl (C=O) groups is 2. The highest BCUT2D eigenvalue weighted by atomic mass is 16.6. The molecule has 1 aliphatic heterocycles. The van der Waals surface area contributed by atoms with Crippen molar-refractivity contribution in [3.8, 4) is 11.3 Å². The maximum absolute atomic E-state index is 12.7. The van der Waals surface area contributed by atoms with Gasteiger partial charge in [-0.3, -0.25) is 14.7 Å². The van der Waals surface area contributed by atoms with Gasteiger partial charge in [0, 0.05) is 29.1 Å². The molecule has 1 aliphatic rings. The number of ether oxygens (including phenoxy) is 1. The topological polar surface area (TPSA) is 91.8 Å². The highest BCUT2D eigenvalue weighted by molar-refractivity contribution is 5.99. The molecule has 3 rings (SSSR count). The summed E-state index contributed by atoms with van der Waals surface area (Å²) in [5.41, 5.74) is 3.44. The Morgan fingerprint density at radius 3 is 2.69 bits per heavy atom. The van der Waals surface area contributed by atoms with Gasteiger partial charge >= 0.3 is 6.09 Å². The van der Waals surface area contributed by atoms with Gasteiger partial charge in [-0.15, -0.1) is 0 Å². The molecule has 0 bridgehead atoms. The number of benzene rings is 1. The van der Waals surface area contributed by atoms with Crippen LogP contribution in [-0.4, -0.2) is 47.4 Å². The van der Waals surface area contributed by atoms with Crippen LogP contribution in [0.3, 0.4) is 0 Å². The molecule has 2 N–H and O–H groups in total. The van der Waals surface area contributed by atoms with Gasteiger partial charge in [0.2, 0.25) is 0 Å². The van der Waals surface area contributed by atoms with Crippen LogP contribution in [0.4, 0.5) is 10.5 Å². The van der Waals surface area contributed by atoms with Gasteiger partial charge in [0.15, 0.2) is 0 Å². The molecule has 1 aromatic carbocycles. The Morgan fingerprint density at radius 2 is 2.07 bits per heavy atom. The van der Waals surface area contributed by atoms with Crippen LogP contribution in [-0.2, 0) is 4.74 Å². The van der Waals surface area contributed by atoms with E-state index in [1.807, 2.05) is 39.0 Å². The van der Waals surface area contributed by atoms with Gasteiger partial charge in [0.25, 0.3) is 5.91 Å². The van der Waals surface area contributed by atoms with E-state index in [9.17, 15) is 14.7 Å². The van der Waals surface area contributed by atoms with Crippen LogP contribution in [0.15, 0.2) is 36.5 Å². The molecule has 29 heavy (non-hydrogen) atoms. The molecular formula is C22H27N3O4.